The van der Waals surface area contributed by atoms with Crippen LogP contribution in [0.15, 0.2) is 18.2 Å². The second kappa shape index (κ2) is 9.64. The minimum Gasteiger partial charge on any atom is -0.373 e. The fourth-order valence-corrected chi connectivity index (χ4v) is 5.65. The molecule has 1 aromatic rings. The van der Waals surface area contributed by atoms with E-state index in [1.54, 1.807) is 17.0 Å². The maximum absolute atomic E-state index is 13.0. The Morgan fingerprint density at radius 1 is 1.00 bits per heavy atom. The summed E-state index contributed by atoms with van der Waals surface area (Å²) in [5, 5.41) is 2.66. The molecule has 2 heterocycles. The maximum Gasteiger partial charge on any atom is 0.282 e. The first-order valence-corrected chi connectivity index (χ1v) is 12.0. The lowest BCUT2D eigenvalue weighted by atomic mass is 10.1. The number of hydrogen-bond donors (Lipinski definition) is 1. The van der Waals surface area contributed by atoms with Gasteiger partial charge >= 0.3 is 0 Å². The summed E-state index contributed by atoms with van der Waals surface area (Å²) >= 11 is 0. The highest BCUT2D eigenvalue weighted by Crippen LogP contribution is 2.19. The van der Waals surface area contributed by atoms with Gasteiger partial charge in [0.25, 0.3) is 16.1 Å². The van der Waals surface area contributed by atoms with Crippen molar-refractivity contribution in [1.82, 2.24) is 18.8 Å². The van der Waals surface area contributed by atoms with Gasteiger partial charge in [-0.05, 0) is 51.0 Å². The summed E-state index contributed by atoms with van der Waals surface area (Å²) in [4.78, 5) is 26.4. The quantitative estimate of drug-likeness (QED) is 0.703. The number of carbonyl (C=O) groups is 2. The second-order valence-corrected chi connectivity index (χ2v) is 10.3. The lowest BCUT2D eigenvalue weighted by molar-refractivity contribution is -0.131. The molecule has 0 spiro atoms. The van der Waals surface area contributed by atoms with Crippen LogP contribution in [0.1, 0.15) is 35.3 Å². The van der Waals surface area contributed by atoms with E-state index in [0.29, 0.717) is 31.7 Å². The van der Waals surface area contributed by atoms with Crippen molar-refractivity contribution in [3.8, 4) is 0 Å². The molecule has 3 rings (SSSR count). The fourth-order valence-electron chi connectivity index (χ4n) is 3.90. The molecule has 172 valence electrons. The lowest BCUT2D eigenvalue weighted by Crippen LogP contribution is -2.58. The zero-order chi connectivity index (χ0) is 22.8. The molecule has 2 aliphatic rings. The Morgan fingerprint density at radius 3 is 2.19 bits per heavy atom. The molecule has 10 heteroatoms. The molecule has 0 saturated carbocycles. The number of aryl methyl sites for hydroxylation is 2. The third-order valence-corrected chi connectivity index (χ3v) is 7.77. The van der Waals surface area contributed by atoms with Crippen molar-refractivity contribution in [1.29, 1.82) is 0 Å². The minimum atomic E-state index is -3.59. The van der Waals surface area contributed by atoms with Crippen molar-refractivity contribution >= 4 is 22.0 Å². The van der Waals surface area contributed by atoms with Gasteiger partial charge in [0.2, 0.25) is 5.91 Å². The van der Waals surface area contributed by atoms with Crippen LogP contribution in [0.5, 0.6) is 0 Å². The predicted octanol–water partition coefficient (Wildman–Crippen LogP) is 0.531. The van der Waals surface area contributed by atoms with E-state index in [1.165, 1.54) is 8.61 Å². The number of ether oxygens (including phenoxy) is 1. The summed E-state index contributed by atoms with van der Waals surface area (Å²) in [6.45, 7) is 9.24. The summed E-state index contributed by atoms with van der Waals surface area (Å²) in [6, 6.07) is 5.41. The van der Waals surface area contributed by atoms with E-state index < -0.39 is 10.2 Å². The van der Waals surface area contributed by atoms with Gasteiger partial charge in [0.1, 0.15) is 0 Å². The van der Waals surface area contributed by atoms with Gasteiger partial charge in [-0.15, -0.1) is 0 Å². The van der Waals surface area contributed by atoms with Gasteiger partial charge in [-0.2, -0.15) is 17.0 Å². The van der Waals surface area contributed by atoms with Crippen LogP contribution in [0, 0.1) is 13.8 Å². The Kier molecular flexibility index (Phi) is 7.35. The fraction of sp³-hybridized carbons (Fsp3) is 0.619. The summed E-state index contributed by atoms with van der Waals surface area (Å²) in [5.41, 5.74) is 2.63. The molecule has 0 bridgehead atoms. The molecule has 2 atom stereocenters. The lowest BCUT2D eigenvalue weighted by Gasteiger charge is -2.40. The second-order valence-electron chi connectivity index (χ2n) is 8.34. The van der Waals surface area contributed by atoms with Crippen molar-refractivity contribution in [2.24, 2.45) is 0 Å². The predicted molar refractivity (Wildman–Crippen MR) is 117 cm³/mol. The molecule has 2 aliphatic heterocycles. The van der Waals surface area contributed by atoms with Crippen LogP contribution in [0.4, 0.5) is 0 Å². The highest BCUT2D eigenvalue weighted by molar-refractivity contribution is 7.86. The molecule has 2 unspecified atom stereocenters. The average Bonchev–Trinajstić information content (AvgIpc) is 2.73. The number of nitrogens with zero attached hydrogens (tertiary/aromatic N) is 3. The summed E-state index contributed by atoms with van der Waals surface area (Å²) in [6.07, 6.45) is -0.301. The van der Waals surface area contributed by atoms with Gasteiger partial charge in [-0.25, -0.2) is 0 Å². The van der Waals surface area contributed by atoms with E-state index in [-0.39, 0.29) is 43.7 Å². The molecule has 2 saturated heterocycles. The van der Waals surface area contributed by atoms with Crippen molar-refractivity contribution in [3.05, 3.63) is 34.9 Å². The molecule has 31 heavy (non-hydrogen) atoms. The molecule has 0 aliphatic carbocycles. The van der Waals surface area contributed by atoms with E-state index >= 15 is 0 Å². The van der Waals surface area contributed by atoms with Crippen LogP contribution in [0.2, 0.25) is 0 Å². The zero-order valence-electron chi connectivity index (χ0n) is 18.6. The summed E-state index contributed by atoms with van der Waals surface area (Å²) in [5.74, 6) is -0.518. The highest BCUT2D eigenvalue weighted by atomic mass is 32.2. The van der Waals surface area contributed by atoms with Gasteiger partial charge in [0.05, 0.1) is 18.8 Å². The Hall–Kier alpha value is -2.01. The molecule has 2 fully saturated rings. The molecule has 1 aromatic carbocycles. The normalized spacial score (nSPS) is 23.5. The number of morpholine rings is 1. The molecule has 0 aromatic heterocycles. The van der Waals surface area contributed by atoms with Crippen LogP contribution in [-0.2, 0) is 19.7 Å². The Bertz CT molecular complexity index is 918. The van der Waals surface area contributed by atoms with Crippen LogP contribution in [-0.4, -0.2) is 91.8 Å². The van der Waals surface area contributed by atoms with E-state index in [2.05, 4.69) is 5.32 Å². The number of amides is 2. The van der Waals surface area contributed by atoms with Gasteiger partial charge in [-0.3, -0.25) is 9.59 Å². The number of hydrogen-bond acceptors (Lipinski definition) is 5. The number of benzene rings is 1. The van der Waals surface area contributed by atoms with Gasteiger partial charge in [0.15, 0.2) is 0 Å². The number of rotatable bonds is 5. The third-order valence-electron chi connectivity index (χ3n) is 5.80. The standard InChI is InChI=1S/C21H32N4O5S/c1-15-5-6-19(11-16(15)2)21(27)22-12-20(26)23-7-9-24(10-8-23)31(28,29)25-13-17(3)30-18(4)14-25/h5-6,11,17-18H,7-10,12-14H2,1-4H3,(H,22,27). The molecular formula is C21H32N4O5S. The number of piperazine rings is 1. The number of carbonyl (C=O) groups excluding carboxylic acids is 2. The largest absolute Gasteiger partial charge is 0.373 e. The molecule has 0 radical (unpaired) electrons. The Labute approximate surface area is 184 Å². The molecule has 2 amide bonds. The summed E-state index contributed by atoms with van der Waals surface area (Å²) < 4.78 is 34.5. The van der Waals surface area contributed by atoms with E-state index in [9.17, 15) is 18.0 Å². The van der Waals surface area contributed by atoms with Crippen molar-refractivity contribution in [2.45, 2.75) is 39.9 Å². The first kappa shape index (κ1) is 23.6. The molecule has 9 nitrogen and oxygen atoms in total. The third kappa shape index (κ3) is 5.62. The average molecular weight is 453 g/mol. The Balaban J connectivity index is 1.50. The van der Waals surface area contributed by atoms with Crippen molar-refractivity contribution in [2.75, 3.05) is 45.8 Å². The zero-order valence-corrected chi connectivity index (χ0v) is 19.4. The monoisotopic (exact) mass is 452 g/mol. The number of nitrogens with one attached hydrogen (secondary N) is 1. The van der Waals surface area contributed by atoms with Crippen molar-refractivity contribution < 1.29 is 22.7 Å². The summed E-state index contributed by atoms with van der Waals surface area (Å²) in [7, 11) is -3.59. The highest BCUT2D eigenvalue weighted by Gasteiger charge is 2.37. The first-order chi connectivity index (χ1) is 14.6. The Morgan fingerprint density at radius 2 is 1.61 bits per heavy atom. The van der Waals surface area contributed by atoms with Crippen molar-refractivity contribution in [3.63, 3.8) is 0 Å². The molecule has 1 N–H and O–H groups in total. The topological polar surface area (TPSA) is 99.3 Å². The van der Waals surface area contributed by atoms with Gasteiger partial charge in [-0.1, -0.05) is 6.07 Å². The van der Waals surface area contributed by atoms with Gasteiger partial charge in [0, 0.05) is 44.8 Å². The maximum atomic E-state index is 13.0. The first-order valence-electron chi connectivity index (χ1n) is 10.6. The van der Waals surface area contributed by atoms with Crippen LogP contribution in [0.3, 0.4) is 0 Å². The van der Waals surface area contributed by atoms with E-state index in [0.717, 1.165) is 11.1 Å². The smallest absolute Gasteiger partial charge is 0.282 e. The SMILES string of the molecule is Cc1ccc(C(=O)NCC(=O)N2CCN(S(=O)(=O)N3CC(C)OC(C)C3)CC2)cc1C. The minimum absolute atomic E-state index is 0.114. The van der Waals surface area contributed by atoms with Gasteiger partial charge < -0.3 is 15.0 Å². The van der Waals surface area contributed by atoms with Crippen LogP contribution < -0.4 is 5.32 Å². The van der Waals surface area contributed by atoms with E-state index in [1.807, 2.05) is 33.8 Å². The van der Waals surface area contributed by atoms with E-state index in [4.69, 9.17) is 4.74 Å². The van der Waals surface area contributed by atoms with Crippen LogP contribution in [0.25, 0.3) is 0 Å². The molecular weight excluding hydrogens is 420 g/mol. The van der Waals surface area contributed by atoms with Crippen LogP contribution >= 0.6 is 0 Å².